The summed E-state index contributed by atoms with van der Waals surface area (Å²) in [7, 11) is 1.60. The van der Waals surface area contributed by atoms with Gasteiger partial charge in [0.25, 0.3) is 0 Å². The molecule has 0 spiro atoms. The molecule has 1 N–H and O–H groups in total. The number of para-hydroxylation sites is 1. The summed E-state index contributed by atoms with van der Waals surface area (Å²) in [6.45, 7) is 0. The van der Waals surface area contributed by atoms with E-state index in [1.165, 1.54) is 6.42 Å². The molecule has 1 aromatic carbocycles. The molecule has 0 fully saturated rings. The van der Waals surface area contributed by atoms with Crippen molar-refractivity contribution in [3.8, 4) is 0 Å². The van der Waals surface area contributed by atoms with Crippen molar-refractivity contribution < 1.29 is 9.21 Å². The molecule has 114 valence electrons. The normalized spacial score (nSPS) is 14.7. The largest absolute Gasteiger partial charge is 0.456 e. The van der Waals surface area contributed by atoms with Gasteiger partial charge in [-0.2, -0.15) is 0 Å². The number of benzene rings is 1. The van der Waals surface area contributed by atoms with Crippen LogP contribution in [0.2, 0.25) is 0 Å². The van der Waals surface area contributed by atoms with Gasteiger partial charge in [-0.3, -0.25) is 9.59 Å². The minimum absolute atomic E-state index is 0.0542. The van der Waals surface area contributed by atoms with Crippen LogP contribution < -0.4 is 10.7 Å². The molecule has 0 aliphatic heterocycles. The van der Waals surface area contributed by atoms with E-state index in [1.807, 2.05) is 6.07 Å². The molecule has 1 aliphatic rings. The molecular weight excluding hydrogens is 278 g/mol. The highest BCUT2D eigenvalue weighted by Crippen LogP contribution is 2.28. The van der Waals surface area contributed by atoms with E-state index < -0.39 is 0 Å². The van der Waals surface area contributed by atoms with E-state index in [0.717, 1.165) is 30.4 Å². The lowest BCUT2D eigenvalue weighted by molar-refractivity contribution is -0.119. The van der Waals surface area contributed by atoms with Crippen molar-refractivity contribution in [3.63, 3.8) is 0 Å². The molecule has 0 saturated heterocycles. The van der Waals surface area contributed by atoms with Gasteiger partial charge in [-0.15, -0.1) is 0 Å². The van der Waals surface area contributed by atoms with Gasteiger partial charge in [-0.25, -0.2) is 0 Å². The number of hydrogen-bond donors (Lipinski definition) is 1. The third kappa shape index (κ3) is 2.82. The van der Waals surface area contributed by atoms with Crippen molar-refractivity contribution in [2.45, 2.75) is 32.1 Å². The van der Waals surface area contributed by atoms with E-state index >= 15 is 0 Å². The molecule has 0 atom stereocenters. The molecule has 22 heavy (non-hydrogen) atoms. The van der Waals surface area contributed by atoms with Crippen LogP contribution in [-0.2, 0) is 11.2 Å². The molecule has 3 rings (SSSR count). The van der Waals surface area contributed by atoms with E-state index in [2.05, 4.69) is 11.4 Å². The third-order valence-corrected chi connectivity index (χ3v) is 4.07. The van der Waals surface area contributed by atoms with Gasteiger partial charge in [0.05, 0.1) is 11.8 Å². The van der Waals surface area contributed by atoms with E-state index in [-0.39, 0.29) is 17.8 Å². The topological polar surface area (TPSA) is 59.3 Å². The van der Waals surface area contributed by atoms with E-state index in [4.69, 9.17) is 4.42 Å². The van der Waals surface area contributed by atoms with Gasteiger partial charge in [0.2, 0.25) is 5.91 Å². The molecule has 1 aromatic heterocycles. The Labute approximate surface area is 128 Å². The number of likely N-dealkylation sites (N-methyl/N-ethyl adjacent to an activating group) is 1. The number of carbonyl (C=O) groups is 1. The van der Waals surface area contributed by atoms with Crippen molar-refractivity contribution in [1.29, 1.82) is 0 Å². The Morgan fingerprint density at radius 2 is 2.18 bits per heavy atom. The molecule has 0 bridgehead atoms. The Balaban J connectivity index is 2.14. The van der Waals surface area contributed by atoms with Crippen molar-refractivity contribution in [2.75, 3.05) is 7.05 Å². The Bertz CT molecular complexity index is 802. The Morgan fingerprint density at radius 1 is 1.32 bits per heavy atom. The minimum Gasteiger partial charge on any atom is -0.456 e. The van der Waals surface area contributed by atoms with E-state index in [0.29, 0.717) is 16.7 Å². The van der Waals surface area contributed by atoms with Gasteiger partial charge in [-0.05, 0) is 37.3 Å². The van der Waals surface area contributed by atoms with Crippen LogP contribution in [0.3, 0.4) is 0 Å². The molecule has 4 heteroatoms. The fourth-order valence-corrected chi connectivity index (χ4v) is 2.86. The molecule has 0 radical (unpaired) electrons. The number of hydrogen-bond acceptors (Lipinski definition) is 3. The first-order chi connectivity index (χ1) is 10.7. The second-order valence-electron chi connectivity index (χ2n) is 5.59. The second-order valence-corrected chi connectivity index (χ2v) is 5.59. The first-order valence-electron chi connectivity index (χ1n) is 7.65. The zero-order chi connectivity index (χ0) is 15.5. The Hall–Kier alpha value is -2.36. The van der Waals surface area contributed by atoms with E-state index in [9.17, 15) is 9.59 Å². The van der Waals surface area contributed by atoms with Crippen LogP contribution >= 0.6 is 0 Å². The quantitative estimate of drug-likeness (QED) is 0.947. The van der Waals surface area contributed by atoms with E-state index in [1.54, 1.807) is 25.2 Å². The lowest BCUT2D eigenvalue weighted by Gasteiger charge is -2.13. The fourth-order valence-electron chi connectivity index (χ4n) is 2.86. The molecule has 4 nitrogen and oxygen atoms in total. The van der Waals surface area contributed by atoms with Gasteiger partial charge in [0, 0.05) is 18.7 Å². The zero-order valence-corrected chi connectivity index (χ0v) is 12.6. The van der Waals surface area contributed by atoms with Crippen LogP contribution in [0.1, 0.15) is 37.0 Å². The standard InChI is InChI=1S/C18H19NO3/c1-19-17(21)10-13-8-5-9-14-15(20)11-16(22-18(13)14)12-6-3-2-4-7-12/h5-6,8-9,11H,2-4,7,10H2,1H3,(H,19,21). The molecule has 1 amide bonds. The maximum absolute atomic E-state index is 12.4. The van der Waals surface area contributed by atoms with Crippen LogP contribution in [0.15, 0.2) is 39.6 Å². The highest BCUT2D eigenvalue weighted by atomic mass is 16.3. The average molecular weight is 297 g/mol. The molecule has 1 heterocycles. The zero-order valence-electron chi connectivity index (χ0n) is 12.6. The maximum atomic E-state index is 12.4. The highest BCUT2D eigenvalue weighted by Gasteiger charge is 2.14. The average Bonchev–Trinajstić information content (AvgIpc) is 2.56. The summed E-state index contributed by atoms with van der Waals surface area (Å²) in [6.07, 6.45) is 6.62. The lowest BCUT2D eigenvalue weighted by atomic mass is 9.97. The van der Waals surface area contributed by atoms with Crippen molar-refractivity contribution in [2.24, 2.45) is 0 Å². The second kappa shape index (κ2) is 6.18. The number of amides is 1. The van der Waals surface area contributed by atoms with Crippen LogP contribution in [0, 0.1) is 0 Å². The maximum Gasteiger partial charge on any atom is 0.224 e. The fraction of sp³-hybridized carbons (Fsp3) is 0.333. The third-order valence-electron chi connectivity index (χ3n) is 4.07. The smallest absolute Gasteiger partial charge is 0.224 e. The van der Waals surface area contributed by atoms with Crippen LogP contribution in [0.5, 0.6) is 0 Å². The first-order valence-corrected chi connectivity index (χ1v) is 7.65. The van der Waals surface area contributed by atoms with Gasteiger partial charge >= 0.3 is 0 Å². The number of rotatable bonds is 3. The summed E-state index contributed by atoms with van der Waals surface area (Å²) in [5.41, 5.74) is 2.31. The Morgan fingerprint density at radius 3 is 2.91 bits per heavy atom. The number of fused-ring (bicyclic) bond motifs is 1. The first kappa shape index (κ1) is 14.6. The summed E-state index contributed by atoms with van der Waals surface area (Å²) >= 11 is 0. The highest BCUT2D eigenvalue weighted by molar-refractivity contribution is 5.87. The van der Waals surface area contributed by atoms with Crippen molar-refractivity contribution in [1.82, 2.24) is 5.32 Å². The molecule has 0 unspecified atom stereocenters. The van der Waals surface area contributed by atoms with Crippen LogP contribution in [0.25, 0.3) is 16.5 Å². The van der Waals surface area contributed by atoms with Gasteiger partial charge in [0.1, 0.15) is 11.3 Å². The lowest BCUT2D eigenvalue weighted by Crippen LogP contribution is -2.20. The van der Waals surface area contributed by atoms with Gasteiger partial charge in [-0.1, -0.05) is 18.2 Å². The Kier molecular flexibility index (Phi) is 4.09. The molecule has 0 saturated carbocycles. The monoisotopic (exact) mass is 297 g/mol. The summed E-state index contributed by atoms with van der Waals surface area (Å²) in [4.78, 5) is 24.0. The predicted molar refractivity (Wildman–Crippen MR) is 86.7 cm³/mol. The molecule has 2 aromatic rings. The molecular formula is C18H19NO3. The van der Waals surface area contributed by atoms with Gasteiger partial charge < -0.3 is 9.73 Å². The number of carbonyl (C=O) groups excluding carboxylic acids is 1. The predicted octanol–water partition coefficient (Wildman–Crippen LogP) is 3.04. The van der Waals surface area contributed by atoms with Crippen LogP contribution in [-0.4, -0.2) is 13.0 Å². The SMILES string of the molecule is CNC(=O)Cc1cccc2c(=O)cc(C3=CCCCC3)oc12. The number of nitrogens with one attached hydrogen (secondary N) is 1. The number of allylic oxidation sites excluding steroid dienone is 2. The van der Waals surface area contributed by atoms with Gasteiger partial charge in [0.15, 0.2) is 5.43 Å². The van der Waals surface area contributed by atoms with Crippen molar-refractivity contribution >= 4 is 22.4 Å². The summed E-state index contributed by atoms with van der Waals surface area (Å²) < 4.78 is 6.01. The summed E-state index contributed by atoms with van der Waals surface area (Å²) in [6, 6.07) is 6.94. The van der Waals surface area contributed by atoms with Crippen molar-refractivity contribution in [3.05, 3.63) is 51.9 Å². The summed E-state index contributed by atoms with van der Waals surface area (Å²) in [5.74, 6) is 0.541. The van der Waals surface area contributed by atoms with Crippen LogP contribution in [0.4, 0.5) is 0 Å². The molecule has 1 aliphatic carbocycles. The summed E-state index contributed by atoms with van der Waals surface area (Å²) in [5, 5.41) is 3.13. The minimum atomic E-state index is -0.0996.